The Morgan fingerprint density at radius 3 is 2.51 bits per heavy atom. The normalized spacial score (nSPS) is 17.3. The van der Waals surface area contributed by atoms with Crippen LogP contribution < -0.4 is 10.9 Å². The molecule has 6 rings (SSSR count). The number of likely N-dealkylation sites (tertiary alicyclic amines) is 1. The molecule has 180 valence electrons. The lowest BCUT2D eigenvalue weighted by molar-refractivity contribution is -0.126. The number of para-hydroxylation sites is 2. The Kier molecular flexibility index (Phi) is 5.53. The SMILES string of the molecule is Cc1ccccc1-n1c(=O)c2ccccc2n2c(=S)n(CN3CCC(C(=O)NC4CC4)CC3)nc12. The van der Waals surface area contributed by atoms with E-state index >= 15 is 0 Å². The number of rotatable bonds is 5. The van der Waals surface area contributed by atoms with Crippen LogP contribution in [0, 0.1) is 17.6 Å². The van der Waals surface area contributed by atoms with Gasteiger partial charge in [0.05, 0.1) is 23.3 Å². The highest BCUT2D eigenvalue weighted by Gasteiger charge is 2.30. The van der Waals surface area contributed by atoms with Crippen molar-refractivity contribution >= 4 is 34.8 Å². The maximum atomic E-state index is 13.6. The molecule has 9 heteroatoms. The van der Waals surface area contributed by atoms with Crippen LogP contribution in [0.15, 0.2) is 53.3 Å². The number of nitrogens with zero attached hydrogens (tertiary/aromatic N) is 5. The van der Waals surface area contributed by atoms with Gasteiger partial charge in [0, 0.05) is 25.0 Å². The Hall–Kier alpha value is -3.30. The van der Waals surface area contributed by atoms with Crippen molar-refractivity contribution in [1.29, 1.82) is 0 Å². The fourth-order valence-electron chi connectivity index (χ4n) is 5.01. The average Bonchev–Trinajstić information content (AvgIpc) is 3.63. The summed E-state index contributed by atoms with van der Waals surface area (Å²) in [6, 6.07) is 15.7. The fourth-order valence-corrected chi connectivity index (χ4v) is 5.29. The van der Waals surface area contributed by atoms with Crippen LogP contribution in [0.1, 0.15) is 31.2 Å². The van der Waals surface area contributed by atoms with E-state index in [1.54, 1.807) is 9.25 Å². The molecule has 2 aromatic carbocycles. The van der Waals surface area contributed by atoms with Gasteiger partial charge in [0.25, 0.3) is 5.56 Å². The van der Waals surface area contributed by atoms with Crippen LogP contribution in [0.25, 0.3) is 22.4 Å². The van der Waals surface area contributed by atoms with Crippen LogP contribution in [0.5, 0.6) is 0 Å². The summed E-state index contributed by atoms with van der Waals surface area (Å²) in [5.41, 5.74) is 2.42. The Bertz CT molecular complexity index is 1560. The average molecular weight is 489 g/mol. The predicted molar refractivity (Wildman–Crippen MR) is 137 cm³/mol. The Balaban J connectivity index is 1.37. The smallest absolute Gasteiger partial charge is 0.267 e. The maximum Gasteiger partial charge on any atom is 0.267 e. The predicted octanol–water partition coefficient (Wildman–Crippen LogP) is 3.43. The van der Waals surface area contributed by atoms with E-state index in [4.69, 9.17) is 17.3 Å². The molecule has 1 saturated carbocycles. The van der Waals surface area contributed by atoms with Crippen molar-refractivity contribution in [3.05, 3.63) is 69.2 Å². The minimum absolute atomic E-state index is 0.0797. The number of carbonyl (C=O) groups is 1. The molecule has 0 radical (unpaired) electrons. The molecule has 0 atom stereocenters. The van der Waals surface area contributed by atoms with Gasteiger partial charge in [-0.1, -0.05) is 30.3 Å². The fraction of sp³-hybridized carbons (Fsp3) is 0.385. The van der Waals surface area contributed by atoms with Crippen molar-refractivity contribution in [2.24, 2.45) is 5.92 Å². The van der Waals surface area contributed by atoms with Crippen LogP contribution in [-0.4, -0.2) is 48.7 Å². The minimum Gasteiger partial charge on any atom is -0.353 e. The van der Waals surface area contributed by atoms with Gasteiger partial charge in [-0.2, -0.15) is 0 Å². The van der Waals surface area contributed by atoms with Crippen LogP contribution >= 0.6 is 12.2 Å². The Labute approximate surface area is 207 Å². The molecular formula is C26H28N6O2S. The first-order valence-electron chi connectivity index (χ1n) is 12.2. The van der Waals surface area contributed by atoms with E-state index in [1.165, 1.54) is 0 Å². The molecule has 35 heavy (non-hydrogen) atoms. The van der Waals surface area contributed by atoms with Crippen molar-refractivity contribution in [3.8, 4) is 5.69 Å². The van der Waals surface area contributed by atoms with E-state index in [0.717, 1.165) is 55.5 Å². The van der Waals surface area contributed by atoms with E-state index in [1.807, 2.05) is 59.9 Å². The molecule has 0 unspecified atom stereocenters. The standard InChI is InChI=1S/C26H28N6O2S/c1-17-6-2-4-8-21(17)31-24(34)20-7-3-5-9-22(20)32-25(31)28-30(26(32)35)16-29-14-12-18(13-15-29)23(33)27-19-10-11-19/h2-9,18-19H,10-16H2,1H3,(H,27,33). The molecule has 0 spiro atoms. The molecule has 2 fully saturated rings. The quantitative estimate of drug-likeness (QED) is 0.436. The second-order valence-electron chi connectivity index (χ2n) is 9.68. The number of carbonyl (C=O) groups excluding carboxylic acids is 1. The summed E-state index contributed by atoms with van der Waals surface area (Å²) in [4.78, 5) is 28.3. The van der Waals surface area contributed by atoms with Gasteiger partial charge >= 0.3 is 0 Å². The summed E-state index contributed by atoms with van der Waals surface area (Å²) in [6.07, 6.45) is 3.88. The zero-order valence-corrected chi connectivity index (χ0v) is 20.5. The summed E-state index contributed by atoms with van der Waals surface area (Å²) in [5, 5.41) is 8.59. The second kappa shape index (κ2) is 8.73. The third-order valence-electron chi connectivity index (χ3n) is 7.17. The van der Waals surface area contributed by atoms with Gasteiger partial charge in [-0.25, -0.2) is 9.25 Å². The number of piperidine rings is 1. The number of amides is 1. The third-order valence-corrected chi connectivity index (χ3v) is 7.57. The number of fused-ring (bicyclic) bond motifs is 3. The topological polar surface area (TPSA) is 76.6 Å². The van der Waals surface area contributed by atoms with Crippen molar-refractivity contribution in [1.82, 2.24) is 29.0 Å². The van der Waals surface area contributed by atoms with Crippen molar-refractivity contribution < 1.29 is 4.79 Å². The maximum absolute atomic E-state index is 13.6. The molecule has 0 bridgehead atoms. The van der Waals surface area contributed by atoms with Gasteiger partial charge in [0.15, 0.2) is 0 Å². The van der Waals surface area contributed by atoms with Gasteiger partial charge < -0.3 is 5.32 Å². The summed E-state index contributed by atoms with van der Waals surface area (Å²) >= 11 is 5.89. The first-order chi connectivity index (χ1) is 17.0. The molecule has 1 amide bonds. The lowest BCUT2D eigenvalue weighted by Gasteiger charge is -2.30. The zero-order chi connectivity index (χ0) is 24.1. The van der Waals surface area contributed by atoms with Crippen LogP contribution in [-0.2, 0) is 11.5 Å². The van der Waals surface area contributed by atoms with Crippen molar-refractivity contribution in [2.45, 2.75) is 45.3 Å². The molecule has 8 nitrogen and oxygen atoms in total. The van der Waals surface area contributed by atoms with Gasteiger partial charge in [-0.3, -0.25) is 18.9 Å². The largest absolute Gasteiger partial charge is 0.353 e. The van der Waals surface area contributed by atoms with Crippen LogP contribution in [0.4, 0.5) is 0 Å². The molecular weight excluding hydrogens is 460 g/mol. The van der Waals surface area contributed by atoms with Gasteiger partial charge in [0.1, 0.15) is 0 Å². The monoisotopic (exact) mass is 488 g/mol. The van der Waals surface area contributed by atoms with Crippen molar-refractivity contribution in [2.75, 3.05) is 13.1 Å². The summed E-state index contributed by atoms with van der Waals surface area (Å²) < 4.78 is 5.91. The number of aryl methyl sites for hydroxylation is 1. The molecule has 1 aliphatic carbocycles. The second-order valence-corrected chi connectivity index (χ2v) is 10.0. The Morgan fingerprint density at radius 1 is 1.06 bits per heavy atom. The van der Waals surface area contributed by atoms with Gasteiger partial charge in [0.2, 0.25) is 16.5 Å². The summed E-state index contributed by atoms with van der Waals surface area (Å²) in [7, 11) is 0. The van der Waals surface area contributed by atoms with E-state index in [0.29, 0.717) is 28.6 Å². The molecule has 4 aromatic rings. The minimum atomic E-state index is -0.114. The highest BCUT2D eigenvalue weighted by Crippen LogP contribution is 2.24. The number of nitrogens with one attached hydrogen (secondary N) is 1. The highest BCUT2D eigenvalue weighted by atomic mass is 32.1. The van der Waals surface area contributed by atoms with Crippen LogP contribution in [0.2, 0.25) is 0 Å². The van der Waals surface area contributed by atoms with Gasteiger partial charge in [-0.15, -0.1) is 5.10 Å². The molecule has 1 aliphatic heterocycles. The van der Waals surface area contributed by atoms with E-state index in [-0.39, 0.29) is 17.4 Å². The number of benzene rings is 2. The first-order valence-corrected chi connectivity index (χ1v) is 12.6. The highest BCUT2D eigenvalue weighted by molar-refractivity contribution is 7.71. The van der Waals surface area contributed by atoms with Crippen molar-refractivity contribution in [3.63, 3.8) is 0 Å². The van der Waals surface area contributed by atoms with Gasteiger partial charge in [-0.05, 0) is 68.6 Å². The number of aromatic nitrogens is 4. The first kappa shape index (κ1) is 22.2. The number of hydrogen-bond acceptors (Lipinski definition) is 5. The molecule has 2 aromatic heterocycles. The van der Waals surface area contributed by atoms with E-state index in [9.17, 15) is 9.59 Å². The Morgan fingerprint density at radius 2 is 1.77 bits per heavy atom. The molecule has 3 heterocycles. The summed E-state index contributed by atoms with van der Waals surface area (Å²) in [6.45, 7) is 4.13. The van der Waals surface area contributed by atoms with Crippen LogP contribution in [0.3, 0.4) is 0 Å². The summed E-state index contributed by atoms with van der Waals surface area (Å²) in [5.74, 6) is 0.785. The van der Waals surface area contributed by atoms with E-state index in [2.05, 4.69) is 10.2 Å². The third kappa shape index (κ3) is 3.98. The lowest BCUT2D eigenvalue weighted by atomic mass is 9.96. The molecule has 1 saturated heterocycles. The molecule has 1 N–H and O–H groups in total. The lowest BCUT2D eigenvalue weighted by Crippen LogP contribution is -2.41. The zero-order valence-electron chi connectivity index (χ0n) is 19.7. The molecule has 2 aliphatic rings. The number of hydrogen-bond donors (Lipinski definition) is 1. The van der Waals surface area contributed by atoms with E-state index < -0.39 is 0 Å².